The fourth-order valence-corrected chi connectivity index (χ4v) is 4.97. The van der Waals surface area contributed by atoms with Gasteiger partial charge in [-0.2, -0.15) is 0 Å². The summed E-state index contributed by atoms with van der Waals surface area (Å²) >= 11 is 0. The number of rotatable bonds is 4. The average molecular weight is 412 g/mol. The molecule has 2 heterocycles. The quantitative estimate of drug-likeness (QED) is 0.561. The highest BCUT2D eigenvalue weighted by Crippen LogP contribution is 2.40. The van der Waals surface area contributed by atoms with Crippen LogP contribution in [-0.4, -0.2) is 48.3 Å². The predicted octanol–water partition coefficient (Wildman–Crippen LogP) is 2.78. The van der Waals surface area contributed by atoms with E-state index in [1.54, 1.807) is 36.1 Å². The number of anilines is 1. The van der Waals surface area contributed by atoms with Crippen LogP contribution in [0.4, 0.5) is 5.69 Å². The van der Waals surface area contributed by atoms with Crippen LogP contribution in [0.3, 0.4) is 0 Å². The number of hydrogen-bond acceptors (Lipinski definition) is 5. The molecular weight excluding hydrogens is 384 g/mol. The fraction of sp³-hybridized carbons (Fsp3) is 0.565. The second kappa shape index (κ2) is 8.58. The molecule has 4 rings (SSSR count). The van der Waals surface area contributed by atoms with Gasteiger partial charge in [0.2, 0.25) is 11.8 Å². The first-order valence-electron chi connectivity index (χ1n) is 10.9. The zero-order valence-electron chi connectivity index (χ0n) is 17.3. The van der Waals surface area contributed by atoms with Crippen LogP contribution in [0.1, 0.15) is 55.8 Å². The Morgan fingerprint density at radius 3 is 2.20 bits per heavy atom. The molecule has 3 atom stereocenters. The van der Waals surface area contributed by atoms with Crippen LogP contribution in [0.15, 0.2) is 24.3 Å². The molecule has 7 nitrogen and oxygen atoms in total. The van der Waals surface area contributed by atoms with Crippen LogP contribution >= 0.6 is 0 Å². The number of hydrogen-bond donors (Lipinski definition) is 0. The molecule has 7 heteroatoms. The molecule has 0 aromatic heterocycles. The maximum Gasteiger partial charge on any atom is 0.310 e. The number of nitrogens with zero attached hydrogens (tertiary/aromatic N) is 2. The Morgan fingerprint density at radius 2 is 1.60 bits per heavy atom. The van der Waals surface area contributed by atoms with Crippen molar-refractivity contribution in [3.63, 3.8) is 0 Å². The summed E-state index contributed by atoms with van der Waals surface area (Å²) in [7, 11) is 0. The minimum absolute atomic E-state index is 0.114. The van der Waals surface area contributed by atoms with Crippen molar-refractivity contribution in [2.75, 3.05) is 24.6 Å². The fourth-order valence-electron chi connectivity index (χ4n) is 4.97. The summed E-state index contributed by atoms with van der Waals surface area (Å²) in [6.45, 7) is 3.06. The lowest BCUT2D eigenvalue weighted by atomic mass is 9.81. The summed E-state index contributed by atoms with van der Waals surface area (Å²) in [4.78, 5) is 53.4. The molecule has 30 heavy (non-hydrogen) atoms. The van der Waals surface area contributed by atoms with Gasteiger partial charge >= 0.3 is 5.97 Å². The van der Waals surface area contributed by atoms with Crippen molar-refractivity contribution >= 4 is 29.4 Å². The van der Waals surface area contributed by atoms with Gasteiger partial charge in [0.15, 0.2) is 0 Å². The van der Waals surface area contributed by atoms with Gasteiger partial charge in [-0.1, -0.05) is 12.8 Å². The lowest BCUT2D eigenvalue weighted by molar-refractivity contribution is -0.149. The van der Waals surface area contributed by atoms with Gasteiger partial charge in [0.05, 0.1) is 30.0 Å². The summed E-state index contributed by atoms with van der Waals surface area (Å²) in [6, 6.07) is 6.67. The van der Waals surface area contributed by atoms with Gasteiger partial charge in [-0.3, -0.25) is 24.1 Å². The number of amides is 3. The van der Waals surface area contributed by atoms with Gasteiger partial charge in [0, 0.05) is 18.7 Å². The Morgan fingerprint density at radius 1 is 0.967 bits per heavy atom. The summed E-state index contributed by atoms with van der Waals surface area (Å²) in [6.07, 6.45) is 5.02. The van der Waals surface area contributed by atoms with E-state index in [0.29, 0.717) is 30.9 Å². The number of carbonyl (C=O) groups is 4. The van der Waals surface area contributed by atoms with Gasteiger partial charge in [-0.05, 0) is 56.9 Å². The Bertz CT molecular complexity index is 826. The van der Waals surface area contributed by atoms with E-state index in [0.717, 1.165) is 38.5 Å². The Labute approximate surface area is 176 Å². The SMILES string of the molecule is CCOC(=O)C1CCCN(C(=O)c2ccc(N3C(=O)C4CCCCC4C3=O)cc2)C1. The van der Waals surface area contributed by atoms with Gasteiger partial charge < -0.3 is 9.64 Å². The predicted molar refractivity (Wildman–Crippen MR) is 110 cm³/mol. The summed E-state index contributed by atoms with van der Waals surface area (Å²) < 4.78 is 5.10. The zero-order chi connectivity index (χ0) is 21.3. The molecule has 1 aromatic carbocycles. The normalized spacial score (nSPS) is 26.5. The molecule has 1 aromatic rings. The molecule has 1 aliphatic carbocycles. The summed E-state index contributed by atoms with van der Waals surface area (Å²) in [5.41, 5.74) is 1.01. The average Bonchev–Trinajstić information content (AvgIpc) is 3.04. The second-order valence-electron chi connectivity index (χ2n) is 8.40. The minimum Gasteiger partial charge on any atom is -0.466 e. The number of ether oxygens (including phenoxy) is 1. The van der Waals surface area contributed by atoms with Crippen LogP contribution in [0, 0.1) is 17.8 Å². The van der Waals surface area contributed by atoms with Crippen LogP contribution < -0.4 is 4.90 Å². The molecule has 2 aliphatic heterocycles. The zero-order valence-corrected chi connectivity index (χ0v) is 17.3. The molecule has 3 amide bonds. The van der Waals surface area contributed by atoms with E-state index >= 15 is 0 Å². The molecule has 0 spiro atoms. The highest BCUT2D eigenvalue weighted by atomic mass is 16.5. The Kier molecular flexibility index (Phi) is 5.88. The molecule has 0 radical (unpaired) electrons. The van der Waals surface area contributed by atoms with Crippen LogP contribution in [0.2, 0.25) is 0 Å². The molecule has 1 saturated carbocycles. The first kappa shape index (κ1) is 20.6. The molecule has 0 N–H and O–H groups in total. The standard InChI is InChI=1S/C23H28N2O5/c1-2-30-23(29)16-6-5-13-24(14-16)20(26)15-9-11-17(12-10-15)25-21(27)18-7-3-4-8-19(18)22(25)28/h9-12,16,18-19H,2-8,13-14H2,1H3. The molecular formula is C23H28N2O5. The van der Waals surface area contributed by atoms with Crippen molar-refractivity contribution in [1.29, 1.82) is 0 Å². The van der Waals surface area contributed by atoms with Gasteiger partial charge in [-0.15, -0.1) is 0 Å². The van der Waals surface area contributed by atoms with E-state index < -0.39 is 0 Å². The topological polar surface area (TPSA) is 84.0 Å². The highest BCUT2D eigenvalue weighted by Gasteiger charge is 2.48. The Balaban J connectivity index is 1.46. The van der Waals surface area contributed by atoms with Crippen molar-refractivity contribution in [2.24, 2.45) is 17.8 Å². The number of piperidine rings is 1. The number of carbonyl (C=O) groups excluding carboxylic acids is 4. The van der Waals surface area contributed by atoms with Crippen LogP contribution in [-0.2, 0) is 19.1 Å². The van der Waals surface area contributed by atoms with E-state index in [1.165, 1.54) is 4.90 Å². The van der Waals surface area contributed by atoms with Crippen molar-refractivity contribution in [1.82, 2.24) is 4.90 Å². The minimum atomic E-state index is -0.287. The third-order valence-electron chi connectivity index (χ3n) is 6.54. The smallest absolute Gasteiger partial charge is 0.310 e. The van der Waals surface area contributed by atoms with Crippen LogP contribution in [0.5, 0.6) is 0 Å². The molecule has 3 fully saturated rings. The largest absolute Gasteiger partial charge is 0.466 e. The van der Waals surface area contributed by atoms with Gasteiger partial charge in [0.1, 0.15) is 0 Å². The number of fused-ring (bicyclic) bond motifs is 1. The number of benzene rings is 1. The maximum atomic E-state index is 12.9. The van der Waals surface area contributed by atoms with E-state index in [2.05, 4.69) is 0 Å². The van der Waals surface area contributed by atoms with E-state index in [1.807, 2.05) is 0 Å². The van der Waals surface area contributed by atoms with E-state index in [4.69, 9.17) is 4.74 Å². The molecule has 160 valence electrons. The first-order chi connectivity index (χ1) is 14.5. The van der Waals surface area contributed by atoms with Crippen LogP contribution in [0.25, 0.3) is 0 Å². The third-order valence-corrected chi connectivity index (χ3v) is 6.54. The van der Waals surface area contributed by atoms with Crippen molar-refractivity contribution in [3.8, 4) is 0 Å². The lowest BCUT2D eigenvalue weighted by Gasteiger charge is -2.31. The Hall–Kier alpha value is -2.70. The van der Waals surface area contributed by atoms with Gasteiger partial charge in [0.25, 0.3) is 5.91 Å². The van der Waals surface area contributed by atoms with E-state index in [9.17, 15) is 19.2 Å². The second-order valence-corrected chi connectivity index (χ2v) is 8.40. The van der Waals surface area contributed by atoms with Crippen molar-refractivity contribution < 1.29 is 23.9 Å². The summed E-state index contributed by atoms with van der Waals surface area (Å²) in [5, 5.41) is 0. The third kappa shape index (κ3) is 3.73. The molecule has 3 aliphatic rings. The van der Waals surface area contributed by atoms with Gasteiger partial charge in [-0.25, -0.2) is 0 Å². The lowest BCUT2D eigenvalue weighted by Crippen LogP contribution is -2.42. The monoisotopic (exact) mass is 412 g/mol. The number of esters is 1. The van der Waals surface area contributed by atoms with Crippen molar-refractivity contribution in [2.45, 2.75) is 45.4 Å². The molecule has 0 bridgehead atoms. The van der Waals surface area contributed by atoms with E-state index in [-0.39, 0.29) is 41.4 Å². The first-order valence-corrected chi connectivity index (χ1v) is 10.9. The summed E-state index contributed by atoms with van der Waals surface area (Å²) in [5.74, 6) is -1.30. The number of likely N-dealkylation sites (tertiary alicyclic amines) is 1. The van der Waals surface area contributed by atoms with Crippen molar-refractivity contribution in [3.05, 3.63) is 29.8 Å². The molecule has 3 unspecified atom stereocenters. The number of imide groups is 1. The highest BCUT2D eigenvalue weighted by molar-refractivity contribution is 6.22. The maximum absolute atomic E-state index is 12.9. The molecule has 2 saturated heterocycles.